The van der Waals surface area contributed by atoms with Gasteiger partial charge in [0.15, 0.2) is 0 Å². The van der Waals surface area contributed by atoms with Gasteiger partial charge in [0.25, 0.3) is 5.91 Å². The molecule has 1 saturated heterocycles. The molecular formula is C29H27F4N5O6S. The van der Waals surface area contributed by atoms with E-state index in [2.05, 4.69) is 5.10 Å². The zero-order valence-electron chi connectivity index (χ0n) is 23.8. The van der Waals surface area contributed by atoms with E-state index in [1.54, 1.807) is 34.8 Å². The molecule has 2 heterocycles. The number of hydrogen-bond acceptors (Lipinski definition) is 7. The number of nitrogens with zero attached hydrogens (tertiary/aromatic N) is 4. The van der Waals surface area contributed by atoms with Crippen molar-refractivity contribution in [3.05, 3.63) is 77.4 Å². The van der Waals surface area contributed by atoms with Crippen molar-refractivity contribution >= 4 is 27.9 Å². The van der Waals surface area contributed by atoms with Gasteiger partial charge in [-0.05, 0) is 48.1 Å². The van der Waals surface area contributed by atoms with Crippen molar-refractivity contribution in [3.63, 3.8) is 0 Å². The fourth-order valence-corrected chi connectivity index (χ4v) is 6.83. The molecule has 3 aromatic rings. The minimum atomic E-state index is -5.59. The molecular weight excluding hydrogens is 622 g/mol. The van der Waals surface area contributed by atoms with E-state index in [0.717, 1.165) is 16.7 Å². The van der Waals surface area contributed by atoms with Crippen LogP contribution in [0.3, 0.4) is 0 Å². The number of amides is 3. The summed E-state index contributed by atoms with van der Waals surface area (Å²) in [5, 5.41) is 4.17. The van der Waals surface area contributed by atoms with Crippen LogP contribution in [-0.4, -0.2) is 70.0 Å². The topological polar surface area (TPSA) is 131 Å². The number of benzene rings is 2. The minimum Gasteiger partial charge on any atom is -0.427 e. The number of hydrogen-bond donors (Lipinski definition) is 1. The van der Waals surface area contributed by atoms with Gasteiger partial charge in [0.2, 0.25) is 11.5 Å². The summed E-state index contributed by atoms with van der Waals surface area (Å²) in [4.78, 5) is 42.4. The molecule has 1 aliphatic heterocycles. The highest BCUT2D eigenvalue weighted by atomic mass is 32.2. The number of carbonyl (C=O) groups is 3. The Morgan fingerprint density at radius 2 is 1.84 bits per heavy atom. The van der Waals surface area contributed by atoms with Crippen molar-refractivity contribution in [2.24, 2.45) is 7.05 Å². The van der Waals surface area contributed by atoms with E-state index >= 15 is 0 Å². The van der Waals surface area contributed by atoms with E-state index in [-0.39, 0.29) is 25.8 Å². The van der Waals surface area contributed by atoms with E-state index in [0.29, 0.717) is 22.4 Å². The van der Waals surface area contributed by atoms with Gasteiger partial charge in [-0.25, -0.2) is 27.2 Å². The Hall–Kier alpha value is -4.31. The van der Waals surface area contributed by atoms with Gasteiger partial charge in [0.05, 0.1) is 6.20 Å². The van der Waals surface area contributed by atoms with Crippen molar-refractivity contribution in [2.75, 3.05) is 6.54 Å². The van der Waals surface area contributed by atoms with Gasteiger partial charge in [-0.2, -0.15) is 18.3 Å². The molecule has 1 saturated carbocycles. The summed E-state index contributed by atoms with van der Waals surface area (Å²) < 4.78 is 84.0. The molecule has 1 atom stereocenters. The Morgan fingerprint density at radius 1 is 1.13 bits per heavy atom. The Balaban J connectivity index is 1.19. The highest BCUT2D eigenvalue weighted by Gasteiger charge is 2.58. The SMILES string of the molecule is Cn1cc(-c2ccc3c(c2)CC[C@@]32OC(=O)N(CC(=O)N(Cc3ccc(F)cc3)C3CC(NS(=O)(=O)C(F)(F)F)C3)C2=O)cn1. The van der Waals surface area contributed by atoms with Gasteiger partial charge >= 0.3 is 21.6 Å². The number of aryl methyl sites for hydroxylation is 2. The van der Waals surface area contributed by atoms with Crippen LogP contribution in [-0.2, 0) is 50.0 Å². The predicted molar refractivity (Wildman–Crippen MR) is 149 cm³/mol. The number of imide groups is 1. The molecule has 0 radical (unpaired) electrons. The average Bonchev–Trinajstić information content (AvgIpc) is 3.62. The lowest BCUT2D eigenvalue weighted by Gasteiger charge is -2.43. The fourth-order valence-electron chi connectivity index (χ4n) is 6.06. The van der Waals surface area contributed by atoms with Crippen molar-refractivity contribution in [3.8, 4) is 11.1 Å². The molecule has 16 heteroatoms. The summed E-state index contributed by atoms with van der Waals surface area (Å²) in [7, 11) is -3.80. The lowest BCUT2D eigenvalue weighted by Crippen LogP contribution is -2.58. The summed E-state index contributed by atoms with van der Waals surface area (Å²) >= 11 is 0. The molecule has 11 nitrogen and oxygen atoms in total. The van der Waals surface area contributed by atoms with Crippen LogP contribution in [0.25, 0.3) is 11.1 Å². The fraction of sp³-hybridized carbons (Fsp3) is 0.379. The van der Waals surface area contributed by atoms with E-state index < -0.39 is 63.5 Å². The predicted octanol–water partition coefficient (Wildman–Crippen LogP) is 3.35. The average molecular weight is 650 g/mol. The lowest BCUT2D eigenvalue weighted by atomic mass is 9.86. The van der Waals surface area contributed by atoms with E-state index in [1.165, 1.54) is 29.2 Å². The summed E-state index contributed by atoms with van der Waals surface area (Å²) in [5.41, 5.74) is -3.54. The van der Waals surface area contributed by atoms with Gasteiger partial charge < -0.3 is 9.64 Å². The number of ether oxygens (including phenoxy) is 1. The highest BCUT2D eigenvalue weighted by Crippen LogP contribution is 2.46. The van der Waals surface area contributed by atoms with Crippen LogP contribution >= 0.6 is 0 Å². The molecule has 3 amide bonds. The third-order valence-electron chi connectivity index (χ3n) is 8.46. The van der Waals surface area contributed by atoms with Gasteiger partial charge in [0, 0.05) is 49.4 Å². The lowest BCUT2D eigenvalue weighted by molar-refractivity contribution is -0.144. The van der Waals surface area contributed by atoms with Crippen molar-refractivity contribution in [1.29, 1.82) is 0 Å². The largest absolute Gasteiger partial charge is 0.511 e. The first kappa shape index (κ1) is 30.7. The molecule has 0 bridgehead atoms. The highest BCUT2D eigenvalue weighted by molar-refractivity contribution is 7.90. The van der Waals surface area contributed by atoms with E-state index in [9.17, 15) is 40.4 Å². The maximum atomic E-state index is 13.7. The third-order valence-corrected chi connectivity index (χ3v) is 9.71. The monoisotopic (exact) mass is 649 g/mol. The van der Waals surface area contributed by atoms with Gasteiger partial charge in [-0.3, -0.25) is 14.3 Å². The second kappa shape index (κ2) is 10.9. The van der Waals surface area contributed by atoms with Crippen LogP contribution in [0.1, 0.15) is 36.0 Å². The Kier molecular flexibility index (Phi) is 7.47. The van der Waals surface area contributed by atoms with Crippen molar-refractivity contribution in [2.45, 2.75) is 55.4 Å². The Labute approximate surface area is 254 Å². The number of aromatic nitrogens is 2. The number of carbonyl (C=O) groups excluding carboxylic acids is 3. The number of alkyl halides is 3. The van der Waals surface area contributed by atoms with Crippen LogP contribution < -0.4 is 4.72 Å². The number of halogens is 4. The minimum absolute atomic E-state index is 0.120. The van der Waals surface area contributed by atoms with Crippen LogP contribution in [0.4, 0.5) is 22.4 Å². The molecule has 2 fully saturated rings. The first-order valence-electron chi connectivity index (χ1n) is 14.0. The number of sulfonamides is 1. The molecule has 45 heavy (non-hydrogen) atoms. The number of fused-ring (bicyclic) bond motifs is 2. The quantitative estimate of drug-likeness (QED) is 0.371. The molecule has 1 aromatic heterocycles. The Bertz CT molecular complexity index is 1790. The summed E-state index contributed by atoms with van der Waals surface area (Å²) in [6.45, 7) is -0.830. The normalized spacial score (nSPS) is 22.8. The van der Waals surface area contributed by atoms with Gasteiger partial charge in [-0.1, -0.05) is 30.3 Å². The van der Waals surface area contributed by atoms with Crippen molar-refractivity contribution < 1.29 is 45.1 Å². The molecule has 1 N–H and O–H groups in total. The second-order valence-corrected chi connectivity index (χ2v) is 13.1. The van der Waals surface area contributed by atoms with Crippen LogP contribution in [0, 0.1) is 5.82 Å². The van der Waals surface area contributed by atoms with E-state index in [1.807, 2.05) is 12.3 Å². The summed E-state index contributed by atoms with van der Waals surface area (Å²) in [6.07, 6.45) is 2.87. The molecule has 3 aliphatic rings. The van der Waals surface area contributed by atoms with Crippen LogP contribution in [0.15, 0.2) is 54.9 Å². The molecule has 2 aliphatic carbocycles. The molecule has 0 unspecified atom stereocenters. The smallest absolute Gasteiger partial charge is 0.427 e. The summed E-state index contributed by atoms with van der Waals surface area (Å²) in [6, 6.07) is 8.78. The molecule has 2 aromatic carbocycles. The third kappa shape index (κ3) is 5.56. The zero-order valence-corrected chi connectivity index (χ0v) is 24.6. The standard InChI is InChI=1S/C29H27F4N5O6S/c1-36-15-20(13-34-36)18-4-7-24-19(10-18)8-9-28(24)26(40)38(27(41)44-28)16-25(39)37(14-17-2-5-21(30)6-3-17)23-11-22(12-23)35-45(42,43)29(31,32)33/h2-7,10,13,15,22-23,35H,8-9,11-12,14,16H2,1H3/t22?,23?,28-/m1/s1. The molecule has 238 valence electrons. The number of rotatable bonds is 8. The first-order chi connectivity index (χ1) is 21.2. The van der Waals surface area contributed by atoms with Crippen molar-refractivity contribution in [1.82, 2.24) is 24.3 Å². The van der Waals surface area contributed by atoms with Crippen LogP contribution in [0.2, 0.25) is 0 Å². The van der Waals surface area contributed by atoms with Gasteiger partial charge in [0.1, 0.15) is 12.4 Å². The summed E-state index contributed by atoms with van der Waals surface area (Å²) in [5.74, 6) is -1.95. The molecule has 1 spiro atoms. The van der Waals surface area contributed by atoms with Crippen LogP contribution in [0.5, 0.6) is 0 Å². The maximum Gasteiger partial charge on any atom is 0.511 e. The molecule has 6 rings (SSSR count). The zero-order chi connectivity index (χ0) is 32.3. The number of nitrogens with one attached hydrogen (secondary N) is 1. The maximum absolute atomic E-state index is 13.7. The second-order valence-electron chi connectivity index (χ2n) is 11.4. The van der Waals surface area contributed by atoms with E-state index in [4.69, 9.17) is 4.74 Å². The Morgan fingerprint density at radius 3 is 2.49 bits per heavy atom. The van der Waals surface area contributed by atoms with Gasteiger partial charge in [-0.15, -0.1) is 0 Å². The first-order valence-corrected chi connectivity index (χ1v) is 15.4.